The third kappa shape index (κ3) is 3.44. The van der Waals surface area contributed by atoms with Gasteiger partial charge in [-0.15, -0.1) is 0 Å². The van der Waals surface area contributed by atoms with Gasteiger partial charge in [0.2, 0.25) is 0 Å². The van der Waals surface area contributed by atoms with Crippen molar-refractivity contribution in [3.05, 3.63) is 23.8 Å². The number of nitrogens with two attached hydrogens (primary N) is 1. The Labute approximate surface area is 91.6 Å². The summed E-state index contributed by atoms with van der Waals surface area (Å²) in [6.07, 6.45) is 0. The minimum Gasteiger partial charge on any atom is -0.397 e. The van der Waals surface area contributed by atoms with E-state index in [2.05, 4.69) is 5.32 Å². The molecule has 0 saturated heterocycles. The standard InChI is InChI=1S/C12H20N2O/c1-9-5-6-10(13)11(7-9)14-8-12(2,3)15-4/h5-7,14H,8,13H2,1-4H3. The van der Waals surface area contributed by atoms with Gasteiger partial charge in [-0.3, -0.25) is 0 Å². The summed E-state index contributed by atoms with van der Waals surface area (Å²) in [5, 5.41) is 3.29. The van der Waals surface area contributed by atoms with Crippen LogP contribution < -0.4 is 11.1 Å². The summed E-state index contributed by atoms with van der Waals surface area (Å²) in [5.74, 6) is 0. The molecule has 84 valence electrons. The number of hydrogen-bond donors (Lipinski definition) is 2. The van der Waals surface area contributed by atoms with Crippen LogP contribution in [0.4, 0.5) is 11.4 Å². The van der Waals surface area contributed by atoms with Crippen LogP contribution in [0.3, 0.4) is 0 Å². The van der Waals surface area contributed by atoms with Crippen molar-refractivity contribution in [3.63, 3.8) is 0 Å². The maximum Gasteiger partial charge on any atom is 0.0794 e. The highest BCUT2D eigenvalue weighted by molar-refractivity contribution is 5.67. The molecule has 0 unspecified atom stereocenters. The Bertz CT molecular complexity index is 334. The lowest BCUT2D eigenvalue weighted by Crippen LogP contribution is -2.32. The highest BCUT2D eigenvalue weighted by atomic mass is 16.5. The van der Waals surface area contributed by atoms with Crippen LogP contribution in [-0.4, -0.2) is 19.3 Å². The smallest absolute Gasteiger partial charge is 0.0794 e. The molecule has 0 aromatic heterocycles. The van der Waals surface area contributed by atoms with Crippen LogP contribution >= 0.6 is 0 Å². The van der Waals surface area contributed by atoms with Gasteiger partial charge in [-0.25, -0.2) is 0 Å². The van der Waals surface area contributed by atoms with Gasteiger partial charge in [-0.05, 0) is 38.5 Å². The first-order valence-corrected chi connectivity index (χ1v) is 5.10. The Morgan fingerprint density at radius 2 is 2.07 bits per heavy atom. The predicted octanol–water partition coefficient (Wildman–Crippen LogP) is 2.41. The van der Waals surface area contributed by atoms with Gasteiger partial charge in [0.15, 0.2) is 0 Å². The fourth-order valence-electron chi connectivity index (χ4n) is 1.20. The minimum absolute atomic E-state index is 0.184. The first-order valence-electron chi connectivity index (χ1n) is 5.10. The second-order valence-corrected chi connectivity index (χ2v) is 4.41. The Balaban J connectivity index is 2.69. The molecule has 1 aromatic carbocycles. The lowest BCUT2D eigenvalue weighted by Gasteiger charge is -2.24. The number of methoxy groups -OCH3 is 1. The summed E-state index contributed by atoms with van der Waals surface area (Å²) < 4.78 is 5.33. The SMILES string of the molecule is COC(C)(C)CNc1cc(C)ccc1N. The van der Waals surface area contributed by atoms with Crippen molar-refractivity contribution < 1.29 is 4.74 Å². The fraction of sp³-hybridized carbons (Fsp3) is 0.500. The Morgan fingerprint density at radius 3 is 2.67 bits per heavy atom. The van der Waals surface area contributed by atoms with Crippen molar-refractivity contribution in [1.29, 1.82) is 0 Å². The summed E-state index contributed by atoms with van der Waals surface area (Å²) in [4.78, 5) is 0. The molecule has 1 rings (SSSR count). The molecule has 0 saturated carbocycles. The van der Waals surface area contributed by atoms with E-state index < -0.39 is 0 Å². The van der Waals surface area contributed by atoms with E-state index in [1.807, 2.05) is 39.0 Å². The molecule has 0 aliphatic rings. The number of anilines is 2. The molecule has 0 radical (unpaired) electrons. The zero-order valence-corrected chi connectivity index (χ0v) is 9.92. The molecule has 0 bridgehead atoms. The van der Waals surface area contributed by atoms with Gasteiger partial charge >= 0.3 is 0 Å². The zero-order valence-electron chi connectivity index (χ0n) is 9.92. The van der Waals surface area contributed by atoms with Crippen LogP contribution in [0.25, 0.3) is 0 Å². The highest BCUT2D eigenvalue weighted by Crippen LogP contribution is 2.20. The summed E-state index contributed by atoms with van der Waals surface area (Å²) in [6.45, 7) is 6.85. The van der Waals surface area contributed by atoms with Gasteiger partial charge < -0.3 is 15.8 Å². The van der Waals surface area contributed by atoms with Crippen molar-refractivity contribution in [2.24, 2.45) is 0 Å². The second kappa shape index (κ2) is 4.53. The van der Waals surface area contributed by atoms with Crippen LogP contribution in [0.1, 0.15) is 19.4 Å². The van der Waals surface area contributed by atoms with Crippen molar-refractivity contribution in [2.45, 2.75) is 26.4 Å². The van der Waals surface area contributed by atoms with Gasteiger partial charge in [0.05, 0.1) is 17.0 Å². The first kappa shape index (κ1) is 11.9. The molecule has 0 amide bonds. The Kier molecular flexibility index (Phi) is 3.58. The molecule has 15 heavy (non-hydrogen) atoms. The average Bonchev–Trinajstić information content (AvgIpc) is 2.20. The molecule has 1 aromatic rings. The van der Waals surface area contributed by atoms with Crippen molar-refractivity contribution in [3.8, 4) is 0 Å². The van der Waals surface area contributed by atoms with Gasteiger partial charge in [-0.2, -0.15) is 0 Å². The lowest BCUT2D eigenvalue weighted by atomic mass is 10.1. The summed E-state index contributed by atoms with van der Waals surface area (Å²) in [7, 11) is 1.71. The van der Waals surface area contributed by atoms with E-state index in [1.165, 1.54) is 5.56 Å². The minimum atomic E-state index is -0.184. The third-order valence-corrected chi connectivity index (χ3v) is 2.47. The lowest BCUT2D eigenvalue weighted by molar-refractivity contribution is 0.0344. The maximum atomic E-state index is 5.86. The topological polar surface area (TPSA) is 47.3 Å². The van der Waals surface area contributed by atoms with E-state index in [0.29, 0.717) is 0 Å². The number of hydrogen-bond acceptors (Lipinski definition) is 3. The van der Waals surface area contributed by atoms with Crippen LogP contribution in [0.2, 0.25) is 0 Å². The van der Waals surface area contributed by atoms with Crippen LogP contribution in [0, 0.1) is 6.92 Å². The predicted molar refractivity (Wildman–Crippen MR) is 65.2 cm³/mol. The average molecular weight is 208 g/mol. The first-order chi connectivity index (χ1) is 6.94. The maximum absolute atomic E-state index is 5.86. The van der Waals surface area contributed by atoms with Gasteiger partial charge in [-0.1, -0.05) is 6.07 Å². The van der Waals surface area contributed by atoms with Crippen molar-refractivity contribution in [1.82, 2.24) is 0 Å². The third-order valence-electron chi connectivity index (χ3n) is 2.47. The van der Waals surface area contributed by atoms with E-state index in [4.69, 9.17) is 10.5 Å². The molecule has 3 heteroatoms. The number of nitrogen functional groups attached to an aromatic ring is 1. The molecular weight excluding hydrogens is 188 g/mol. The Hall–Kier alpha value is -1.22. The number of aryl methyl sites for hydroxylation is 1. The quantitative estimate of drug-likeness (QED) is 0.747. The largest absolute Gasteiger partial charge is 0.397 e. The van der Waals surface area contributed by atoms with E-state index in [1.54, 1.807) is 7.11 Å². The van der Waals surface area contributed by atoms with Gasteiger partial charge in [0.1, 0.15) is 0 Å². The monoisotopic (exact) mass is 208 g/mol. The molecule has 0 aliphatic carbocycles. The summed E-state index contributed by atoms with van der Waals surface area (Å²) in [6, 6.07) is 5.96. The summed E-state index contributed by atoms with van der Waals surface area (Å²) >= 11 is 0. The molecule has 0 heterocycles. The number of ether oxygens (including phenoxy) is 1. The Morgan fingerprint density at radius 1 is 1.40 bits per heavy atom. The molecule has 3 N–H and O–H groups in total. The molecule has 0 aliphatic heterocycles. The molecule has 0 spiro atoms. The van der Waals surface area contributed by atoms with Crippen molar-refractivity contribution in [2.75, 3.05) is 24.7 Å². The number of rotatable bonds is 4. The number of nitrogens with one attached hydrogen (secondary N) is 1. The van der Waals surface area contributed by atoms with E-state index in [9.17, 15) is 0 Å². The van der Waals surface area contributed by atoms with Crippen LogP contribution in [0.5, 0.6) is 0 Å². The normalized spacial score (nSPS) is 11.5. The van der Waals surface area contributed by atoms with E-state index in [-0.39, 0.29) is 5.60 Å². The zero-order chi connectivity index (χ0) is 11.5. The van der Waals surface area contributed by atoms with Crippen LogP contribution in [-0.2, 0) is 4.74 Å². The fourth-order valence-corrected chi connectivity index (χ4v) is 1.20. The van der Waals surface area contributed by atoms with E-state index in [0.717, 1.165) is 17.9 Å². The summed E-state index contributed by atoms with van der Waals surface area (Å²) in [5.41, 5.74) is 8.61. The molecular formula is C12H20N2O. The van der Waals surface area contributed by atoms with Crippen molar-refractivity contribution >= 4 is 11.4 Å². The molecule has 3 nitrogen and oxygen atoms in total. The van der Waals surface area contributed by atoms with Gasteiger partial charge in [0.25, 0.3) is 0 Å². The van der Waals surface area contributed by atoms with Crippen LogP contribution in [0.15, 0.2) is 18.2 Å². The second-order valence-electron chi connectivity index (χ2n) is 4.41. The van der Waals surface area contributed by atoms with Gasteiger partial charge in [0, 0.05) is 13.7 Å². The number of benzene rings is 1. The van der Waals surface area contributed by atoms with E-state index >= 15 is 0 Å². The molecule has 0 atom stereocenters. The molecule has 0 fully saturated rings. The highest BCUT2D eigenvalue weighted by Gasteiger charge is 2.15.